The molecule has 0 unspecified atom stereocenters. The Morgan fingerprint density at radius 1 is 1.10 bits per heavy atom. The number of hydrogen-bond donors (Lipinski definition) is 1. The Bertz CT molecular complexity index is 732. The molecule has 0 fully saturated rings. The molecule has 6 heteroatoms. The number of hydrogen-bond acceptors (Lipinski definition) is 3. The van der Waals surface area contributed by atoms with E-state index in [2.05, 4.69) is 5.32 Å². The third kappa shape index (κ3) is 3.83. The minimum absolute atomic E-state index is 0.285. The maximum absolute atomic E-state index is 11.8. The zero-order valence-electron chi connectivity index (χ0n) is 12.1. The first-order valence-electron chi connectivity index (χ1n) is 6.70. The molecule has 2 rings (SSSR count). The third-order valence-corrected chi connectivity index (χ3v) is 3.69. The summed E-state index contributed by atoms with van der Waals surface area (Å²) in [6.45, 7) is 1.24. The van der Waals surface area contributed by atoms with Crippen LogP contribution in [0.5, 0.6) is 0 Å². The topological polar surface area (TPSA) is 56.0 Å². The molecular weight excluding hydrogens is 290 g/mol. The van der Waals surface area contributed by atoms with Crippen molar-refractivity contribution in [2.45, 2.75) is 13.0 Å². The van der Waals surface area contributed by atoms with Crippen LogP contribution in [0.4, 0.5) is 0 Å². The number of benzene rings is 1. The van der Waals surface area contributed by atoms with Gasteiger partial charge < -0.3 is 5.32 Å². The van der Waals surface area contributed by atoms with Gasteiger partial charge in [0.2, 0.25) is 0 Å². The van der Waals surface area contributed by atoms with Gasteiger partial charge in [-0.1, -0.05) is 23.7 Å². The normalized spacial score (nSPS) is 10.8. The molecular formula is C15H18ClN3O2. The van der Waals surface area contributed by atoms with E-state index in [4.69, 9.17) is 11.6 Å². The number of halogens is 1. The lowest BCUT2D eigenvalue weighted by Crippen LogP contribution is -2.39. The second-order valence-electron chi connectivity index (χ2n) is 4.93. The van der Waals surface area contributed by atoms with Crippen LogP contribution in [0, 0.1) is 0 Å². The van der Waals surface area contributed by atoms with Gasteiger partial charge in [0.25, 0.3) is 5.56 Å². The van der Waals surface area contributed by atoms with Crippen molar-refractivity contribution in [2.75, 3.05) is 6.54 Å². The molecule has 1 aromatic carbocycles. The largest absolute Gasteiger partial charge is 0.330 e. The van der Waals surface area contributed by atoms with Crippen LogP contribution in [-0.2, 0) is 27.1 Å². The number of rotatable bonds is 5. The van der Waals surface area contributed by atoms with Gasteiger partial charge in [-0.25, -0.2) is 4.79 Å². The molecule has 0 amide bonds. The van der Waals surface area contributed by atoms with E-state index in [0.29, 0.717) is 12.2 Å². The fourth-order valence-corrected chi connectivity index (χ4v) is 2.17. The van der Waals surface area contributed by atoms with Crippen LogP contribution in [-0.4, -0.2) is 15.7 Å². The Morgan fingerprint density at radius 2 is 1.76 bits per heavy atom. The molecule has 5 nitrogen and oxygen atoms in total. The van der Waals surface area contributed by atoms with E-state index in [0.717, 1.165) is 22.6 Å². The molecule has 0 aliphatic heterocycles. The van der Waals surface area contributed by atoms with Crippen LogP contribution in [0.2, 0.25) is 5.02 Å². The van der Waals surface area contributed by atoms with Crippen LogP contribution in [0.3, 0.4) is 0 Å². The number of aromatic nitrogens is 2. The van der Waals surface area contributed by atoms with Crippen molar-refractivity contribution >= 4 is 11.6 Å². The highest BCUT2D eigenvalue weighted by Crippen LogP contribution is 2.09. The predicted octanol–water partition coefficient (Wildman–Crippen LogP) is 1.07. The molecule has 21 heavy (non-hydrogen) atoms. The average molecular weight is 308 g/mol. The number of nitrogens with one attached hydrogen (secondary N) is 1. The molecule has 0 aliphatic rings. The Balaban J connectivity index is 1.94. The predicted molar refractivity (Wildman–Crippen MR) is 83.8 cm³/mol. The summed E-state index contributed by atoms with van der Waals surface area (Å²) in [5, 5.41) is 3.96. The summed E-state index contributed by atoms with van der Waals surface area (Å²) in [5.74, 6) is 0. The maximum atomic E-state index is 11.8. The Morgan fingerprint density at radius 3 is 2.43 bits per heavy atom. The molecule has 1 N–H and O–H groups in total. The van der Waals surface area contributed by atoms with Crippen molar-refractivity contribution in [1.29, 1.82) is 0 Å². The Hall–Kier alpha value is -1.85. The van der Waals surface area contributed by atoms with Gasteiger partial charge in [-0.05, 0) is 30.7 Å². The lowest BCUT2D eigenvalue weighted by Gasteiger charge is -2.10. The van der Waals surface area contributed by atoms with E-state index >= 15 is 0 Å². The smallest absolute Gasteiger partial charge is 0.311 e. The van der Waals surface area contributed by atoms with E-state index in [-0.39, 0.29) is 11.2 Å². The first-order chi connectivity index (χ1) is 9.99. The van der Waals surface area contributed by atoms with Crippen molar-refractivity contribution in [3.8, 4) is 0 Å². The first kappa shape index (κ1) is 15.5. The van der Waals surface area contributed by atoms with Crippen molar-refractivity contribution in [3.63, 3.8) is 0 Å². The zero-order chi connectivity index (χ0) is 15.4. The quantitative estimate of drug-likeness (QED) is 0.841. The van der Waals surface area contributed by atoms with Gasteiger partial charge in [-0.15, -0.1) is 0 Å². The van der Waals surface area contributed by atoms with Crippen molar-refractivity contribution in [1.82, 2.24) is 14.5 Å². The lowest BCUT2D eigenvalue weighted by molar-refractivity contribution is 0.601. The van der Waals surface area contributed by atoms with Gasteiger partial charge in [0, 0.05) is 37.4 Å². The molecule has 0 bridgehead atoms. The molecule has 112 valence electrons. The lowest BCUT2D eigenvalue weighted by atomic mass is 10.1. The van der Waals surface area contributed by atoms with Crippen LogP contribution in [0.25, 0.3) is 0 Å². The van der Waals surface area contributed by atoms with Gasteiger partial charge >= 0.3 is 5.69 Å². The molecule has 1 heterocycles. The molecule has 0 radical (unpaired) electrons. The maximum Gasteiger partial charge on any atom is 0.330 e. The van der Waals surface area contributed by atoms with Gasteiger partial charge in [0.15, 0.2) is 0 Å². The molecule has 0 aliphatic carbocycles. The highest BCUT2D eigenvalue weighted by Gasteiger charge is 2.05. The van der Waals surface area contributed by atoms with E-state index in [1.165, 1.54) is 23.2 Å². The van der Waals surface area contributed by atoms with E-state index < -0.39 is 0 Å². The van der Waals surface area contributed by atoms with Crippen LogP contribution in [0.15, 0.2) is 39.9 Å². The van der Waals surface area contributed by atoms with Gasteiger partial charge in [-0.3, -0.25) is 13.9 Å². The second-order valence-corrected chi connectivity index (χ2v) is 5.36. The third-order valence-electron chi connectivity index (χ3n) is 3.44. The second kappa shape index (κ2) is 6.74. The van der Waals surface area contributed by atoms with E-state index in [9.17, 15) is 9.59 Å². The summed E-state index contributed by atoms with van der Waals surface area (Å²) in [7, 11) is 3.14. The molecule has 0 saturated heterocycles. The molecule has 0 atom stereocenters. The standard InChI is InChI=1S/C15H18ClN3O2/c1-18-13(9-14(20)19(2)15(18)21)10-17-8-7-11-3-5-12(16)6-4-11/h3-6,9,17H,7-8,10H2,1-2H3. The van der Waals surface area contributed by atoms with Gasteiger partial charge in [0.05, 0.1) is 0 Å². The summed E-state index contributed by atoms with van der Waals surface area (Å²) in [6, 6.07) is 9.18. The van der Waals surface area contributed by atoms with Crippen molar-refractivity contribution in [3.05, 3.63) is 67.4 Å². The molecule has 0 spiro atoms. The van der Waals surface area contributed by atoms with Crippen molar-refractivity contribution in [2.24, 2.45) is 14.1 Å². The summed E-state index contributed by atoms with van der Waals surface area (Å²) in [4.78, 5) is 23.4. The van der Waals surface area contributed by atoms with E-state index in [1.807, 2.05) is 24.3 Å². The van der Waals surface area contributed by atoms with Gasteiger partial charge in [0.1, 0.15) is 0 Å². The summed E-state index contributed by atoms with van der Waals surface area (Å²) >= 11 is 5.83. The molecule has 0 saturated carbocycles. The fraction of sp³-hybridized carbons (Fsp3) is 0.333. The molecule has 1 aromatic heterocycles. The molecule has 2 aromatic rings. The minimum Gasteiger partial charge on any atom is -0.311 e. The highest BCUT2D eigenvalue weighted by atomic mass is 35.5. The van der Waals surface area contributed by atoms with Crippen LogP contribution < -0.4 is 16.6 Å². The summed E-state index contributed by atoms with van der Waals surface area (Å²) in [5.41, 5.74) is 1.27. The van der Waals surface area contributed by atoms with Crippen LogP contribution >= 0.6 is 11.6 Å². The Labute approximate surface area is 127 Å². The Kier molecular flexibility index (Phi) is 4.98. The fourth-order valence-electron chi connectivity index (χ4n) is 2.05. The monoisotopic (exact) mass is 307 g/mol. The van der Waals surface area contributed by atoms with Gasteiger partial charge in [-0.2, -0.15) is 0 Å². The van der Waals surface area contributed by atoms with Crippen molar-refractivity contribution < 1.29 is 0 Å². The van der Waals surface area contributed by atoms with E-state index in [1.54, 1.807) is 7.05 Å². The zero-order valence-corrected chi connectivity index (χ0v) is 12.9. The average Bonchev–Trinajstić information content (AvgIpc) is 2.48. The minimum atomic E-state index is -0.308. The number of nitrogens with zero attached hydrogens (tertiary/aromatic N) is 2. The summed E-state index contributed by atoms with van der Waals surface area (Å²) < 4.78 is 2.58. The first-order valence-corrected chi connectivity index (χ1v) is 7.08. The highest BCUT2D eigenvalue weighted by molar-refractivity contribution is 6.30. The summed E-state index contributed by atoms with van der Waals surface area (Å²) in [6.07, 6.45) is 0.857. The van der Waals surface area contributed by atoms with Crippen LogP contribution in [0.1, 0.15) is 11.3 Å². The SMILES string of the molecule is Cn1c(CNCCc2ccc(Cl)cc2)cc(=O)n(C)c1=O.